The molecule has 1 aromatic heterocycles. The summed E-state index contributed by atoms with van der Waals surface area (Å²) in [7, 11) is 0. The van der Waals surface area contributed by atoms with E-state index in [2.05, 4.69) is 79.3 Å². The van der Waals surface area contributed by atoms with Gasteiger partial charge >= 0.3 is 6.01 Å². The largest absolute Gasteiger partial charge is 0.463 e. The Balaban J connectivity index is 1.10. The van der Waals surface area contributed by atoms with Crippen LogP contribution in [0.4, 0.5) is 15.9 Å². The maximum absolute atomic E-state index is 13.8. The summed E-state index contributed by atoms with van der Waals surface area (Å²) in [4.78, 5) is 17.5. The van der Waals surface area contributed by atoms with Crippen molar-refractivity contribution in [1.29, 1.82) is 0 Å². The zero-order chi connectivity index (χ0) is 28.5. The van der Waals surface area contributed by atoms with Gasteiger partial charge in [-0.2, -0.15) is 9.97 Å². The number of halogens is 2. The molecule has 3 atom stereocenters. The highest BCUT2D eigenvalue weighted by atomic mass is 79.9. The lowest BCUT2D eigenvalue weighted by Crippen LogP contribution is -2.58. The molecule has 7 nitrogen and oxygen atoms in total. The van der Waals surface area contributed by atoms with E-state index in [9.17, 15) is 4.39 Å². The Hall–Kier alpha value is -2.49. The standard InChI is InChI=1S/C33H40BrFN6O/c1-32-11-8-24(38-32)17-41(19-32)30-25-10-15-40(28-7-3-5-22-4-2-6-26(34)29(22)28)18-27(25)36-31(37-30)42-21-33(12-13-33)20-39-14-9-23(35)16-39/h2-7,23-24,38H,8-21H2,1H3/t23-,24?,32+/m1/s1. The summed E-state index contributed by atoms with van der Waals surface area (Å²) < 4.78 is 21.4. The van der Waals surface area contributed by atoms with Gasteiger partial charge in [0, 0.05) is 77.4 Å². The fraction of sp³-hybridized carbons (Fsp3) is 0.576. The summed E-state index contributed by atoms with van der Waals surface area (Å²) in [5.41, 5.74) is 3.81. The van der Waals surface area contributed by atoms with Crippen molar-refractivity contribution >= 4 is 38.2 Å². The third-order valence-corrected chi connectivity index (χ3v) is 11.0. The minimum absolute atomic E-state index is 0.104. The van der Waals surface area contributed by atoms with Crippen molar-refractivity contribution in [3.05, 3.63) is 52.1 Å². The Bertz CT molecular complexity index is 1510. The molecule has 8 rings (SSSR count). The van der Waals surface area contributed by atoms with Gasteiger partial charge in [0.1, 0.15) is 12.0 Å². The van der Waals surface area contributed by atoms with Crippen molar-refractivity contribution in [2.75, 3.05) is 55.7 Å². The van der Waals surface area contributed by atoms with Crippen LogP contribution < -0.4 is 19.9 Å². The highest BCUT2D eigenvalue weighted by Crippen LogP contribution is 2.47. The number of fused-ring (bicyclic) bond motifs is 4. The number of nitrogens with one attached hydrogen (secondary N) is 1. The maximum Gasteiger partial charge on any atom is 0.318 e. The molecule has 5 aliphatic rings. The van der Waals surface area contributed by atoms with E-state index in [4.69, 9.17) is 14.7 Å². The predicted octanol–water partition coefficient (Wildman–Crippen LogP) is 5.49. The number of rotatable bonds is 7. The monoisotopic (exact) mass is 634 g/mol. The summed E-state index contributed by atoms with van der Waals surface area (Å²) in [6, 6.07) is 13.9. The lowest BCUT2D eigenvalue weighted by molar-refractivity contribution is 0.164. The summed E-state index contributed by atoms with van der Waals surface area (Å²) in [6.07, 6.45) is 5.54. The van der Waals surface area contributed by atoms with Crippen LogP contribution in [0.1, 0.15) is 50.3 Å². The van der Waals surface area contributed by atoms with Gasteiger partial charge in [0.05, 0.1) is 18.8 Å². The van der Waals surface area contributed by atoms with E-state index in [1.54, 1.807) is 0 Å². The Morgan fingerprint density at radius 3 is 2.69 bits per heavy atom. The van der Waals surface area contributed by atoms with Crippen LogP contribution in [0.15, 0.2) is 40.9 Å². The molecular weight excluding hydrogens is 595 g/mol. The van der Waals surface area contributed by atoms with Gasteiger partial charge in [-0.1, -0.05) is 40.2 Å². The van der Waals surface area contributed by atoms with Gasteiger partial charge in [-0.05, 0) is 63.0 Å². The molecule has 0 radical (unpaired) electrons. The molecule has 3 aromatic rings. The van der Waals surface area contributed by atoms with Gasteiger partial charge in [0.15, 0.2) is 0 Å². The van der Waals surface area contributed by atoms with Crippen LogP contribution >= 0.6 is 15.9 Å². The Morgan fingerprint density at radius 1 is 1.05 bits per heavy atom. The van der Waals surface area contributed by atoms with Crippen molar-refractivity contribution < 1.29 is 9.13 Å². The highest BCUT2D eigenvalue weighted by Gasteiger charge is 2.46. The number of hydrogen-bond donors (Lipinski definition) is 1. The molecule has 222 valence electrons. The molecule has 1 saturated carbocycles. The lowest BCUT2D eigenvalue weighted by atomic mass is 9.98. The second-order valence-electron chi connectivity index (χ2n) is 13.8. The third kappa shape index (κ3) is 5.05. The number of nitrogens with zero attached hydrogens (tertiary/aromatic N) is 5. The summed E-state index contributed by atoms with van der Waals surface area (Å²) in [5, 5.41) is 6.32. The topological polar surface area (TPSA) is 56.8 Å². The van der Waals surface area contributed by atoms with Crippen LogP contribution in [-0.4, -0.2) is 78.5 Å². The third-order valence-electron chi connectivity index (χ3n) is 10.3. The van der Waals surface area contributed by atoms with Crippen LogP contribution in [0, 0.1) is 5.41 Å². The molecule has 0 spiro atoms. The number of alkyl halides is 1. The van der Waals surface area contributed by atoms with Crippen molar-refractivity contribution in [2.24, 2.45) is 5.41 Å². The number of piperazine rings is 1. The number of aromatic nitrogens is 2. The number of ether oxygens (including phenoxy) is 1. The zero-order valence-electron chi connectivity index (χ0n) is 24.4. The van der Waals surface area contributed by atoms with Crippen LogP contribution in [0.2, 0.25) is 0 Å². The smallest absolute Gasteiger partial charge is 0.318 e. The molecule has 4 fully saturated rings. The fourth-order valence-corrected chi connectivity index (χ4v) is 8.50. The van der Waals surface area contributed by atoms with Gasteiger partial charge in [0.25, 0.3) is 0 Å². The van der Waals surface area contributed by atoms with E-state index < -0.39 is 6.17 Å². The van der Waals surface area contributed by atoms with Crippen LogP contribution in [0.25, 0.3) is 10.8 Å². The molecule has 4 aliphatic heterocycles. The van der Waals surface area contributed by atoms with Crippen molar-refractivity contribution in [3.8, 4) is 6.01 Å². The molecule has 1 aliphatic carbocycles. The number of benzene rings is 2. The summed E-state index contributed by atoms with van der Waals surface area (Å²) in [6.45, 7) is 8.85. The first-order chi connectivity index (χ1) is 20.4. The van der Waals surface area contributed by atoms with Gasteiger partial charge in [-0.25, -0.2) is 4.39 Å². The SMILES string of the molecule is C[C@]12CCC(CN(c3nc(OCC4(CN5CC[C@@H](F)C5)CC4)nc4c3CCN(c3cccc5cccc(Br)c35)C4)C1)N2. The molecule has 2 aromatic carbocycles. The first-order valence-electron chi connectivity index (χ1n) is 15.7. The van der Waals surface area contributed by atoms with Crippen LogP contribution in [0.3, 0.4) is 0 Å². The molecule has 1 unspecified atom stereocenters. The number of hydrogen-bond acceptors (Lipinski definition) is 7. The predicted molar refractivity (Wildman–Crippen MR) is 168 cm³/mol. The molecule has 0 amide bonds. The Labute approximate surface area is 255 Å². The normalized spacial score (nSPS) is 28.4. The number of likely N-dealkylation sites (tertiary alicyclic amines) is 1. The zero-order valence-corrected chi connectivity index (χ0v) is 26.0. The first-order valence-corrected chi connectivity index (χ1v) is 16.5. The van der Waals surface area contributed by atoms with E-state index >= 15 is 0 Å². The minimum atomic E-state index is -0.685. The quantitative estimate of drug-likeness (QED) is 0.369. The van der Waals surface area contributed by atoms with Crippen molar-refractivity contribution in [3.63, 3.8) is 0 Å². The van der Waals surface area contributed by atoms with Crippen molar-refractivity contribution in [2.45, 2.75) is 69.7 Å². The van der Waals surface area contributed by atoms with Gasteiger partial charge in [0.2, 0.25) is 0 Å². The molecule has 1 N–H and O–H groups in total. The molecule has 9 heteroatoms. The second-order valence-corrected chi connectivity index (χ2v) is 14.6. The van der Waals surface area contributed by atoms with E-state index in [-0.39, 0.29) is 11.0 Å². The highest BCUT2D eigenvalue weighted by molar-refractivity contribution is 9.10. The fourth-order valence-electron chi connectivity index (χ4n) is 7.91. The first kappa shape index (κ1) is 27.1. The van der Waals surface area contributed by atoms with Gasteiger partial charge < -0.3 is 19.9 Å². The summed E-state index contributed by atoms with van der Waals surface area (Å²) in [5.74, 6) is 1.07. The molecule has 3 saturated heterocycles. The van der Waals surface area contributed by atoms with E-state index in [1.165, 1.54) is 34.9 Å². The average Bonchev–Trinajstić information content (AvgIpc) is 3.54. The van der Waals surface area contributed by atoms with E-state index in [0.717, 1.165) is 74.5 Å². The van der Waals surface area contributed by atoms with Gasteiger partial charge in [-0.3, -0.25) is 4.90 Å². The van der Waals surface area contributed by atoms with E-state index in [0.29, 0.717) is 31.6 Å². The molecule has 42 heavy (non-hydrogen) atoms. The second kappa shape index (κ2) is 10.3. The molecule has 2 bridgehead atoms. The molecule has 5 heterocycles. The number of anilines is 2. The molecular formula is C33H40BrFN6O. The Morgan fingerprint density at radius 2 is 1.90 bits per heavy atom. The van der Waals surface area contributed by atoms with Crippen LogP contribution in [0.5, 0.6) is 6.01 Å². The maximum atomic E-state index is 13.8. The Kier molecular flexibility index (Phi) is 6.65. The average molecular weight is 636 g/mol. The minimum Gasteiger partial charge on any atom is -0.463 e. The summed E-state index contributed by atoms with van der Waals surface area (Å²) >= 11 is 3.81. The van der Waals surface area contributed by atoms with Crippen molar-refractivity contribution in [1.82, 2.24) is 20.2 Å². The lowest BCUT2D eigenvalue weighted by Gasteiger charge is -2.41. The van der Waals surface area contributed by atoms with E-state index in [1.807, 2.05) is 0 Å². The van der Waals surface area contributed by atoms with Gasteiger partial charge in [-0.15, -0.1) is 0 Å². The van der Waals surface area contributed by atoms with Crippen LogP contribution in [-0.2, 0) is 13.0 Å².